The van der Waals surface area contributed by atoms with Crippen LogP contribution in [0.3, 0.4) is 0 Å². The highest BCUT2D eigenvalue weighted by molar-refractivity contribution is 9.10. The molecule has 5 nitrogen and oxygen atoms in total. The molecule has 0 bridgehead atoms. The fourth-order valence-corrected chi connectivity index (χ4v) is 2.81. The van der Waals surface area contributed by atoms with E-state index in [1.165, 1.54) is 25.5 Å². The molecule has 110 valence electrons. The molecule has 0 aliphatic heterocycles. The van der Waals surface area contributed by atoms with E-state index in [1.54, 1.807) is 30.3 Å². The van der Waals surface area contributed by atoms with Crippen molar-refractivity contribution in [3.05, 3.63) is 58.6 Å². The predicted molar refractivity (Wildman–Crippen MR) is 85.1 cm³/mol. The van der Waals surface area contributed by atoms with Crippen LogP contribution in [0.15, 0.2) is 63.0 Å². The third-order valence-electron chi connectivity index (χ3n) is 2.62. The van der Waals surface area contributed by atoms with E-state index >= 15 is 0 Å². The number of benzene rings is 2. The Hall–Kier alpha value is -1.86. The minimum atomic E-state index is -3.66. The molecule has 0 atom stereocenters. The highest BCUT2D eigenvalue weighted by atomic mass is 79.9. The standard InChI is InChI=1S/C14H13BrN2O3S/c1-20-14-8-7-12(15)9-11(14)10-16-17-21(18,19)13-5-3-2-4-6-13/h2-10,17H,1H3/b16-10+. The molecule has 0 heterocycles. The Morgan fingerprint density at radius 1 is 1.19 bits per heavy atom. The molecule has 0 unspecified atom stereocenters. The first-order valence-electron chi connectivity index (χ1n) is 5.96. The summed E-state index contributed by atoms with van der Waals surface area (Å²) in [4.78, 5) is 2.32. The van der Waals surface area contributed by atoms with Gasteiger partial charge in [-0.2, -0.15) is 13.5 Å². The molecule has 0 aliphatic carbocycles. The zero-order valence-electron chi connectivity index (χ0n) is 11.2. The van der Waals surface area contributed by atoms with Crippen molar-refractivity contribution < 1.29 is 13.2 Å². The summed E-state index contributed by atoms with van der Waals surface area (Å²) >= 11 is 3.34. The molecular formula is C14H13BrN2O3S. The quantitative estimate of drug-likeness (QED) is 0.651. The minimum absolute atomic E-state index is 0.156. The number of nitrogens with one attached hydrogen (secondary N) is 1. The molecule has 0 amide bonds. The van der Waals surface area contributed by atoms with Gasteiger partial charge in [0, 0.05) is 10.0 Å². The average molecular weight is 369 g/mol. The molecule has 0 saturated carbocycles. The third kappa shape index (κ3) is 4.05. The summed E-state index contributed by atoms with van der Waals surface area (Å²) in [5.74, 6) is 0.598. The summed E-state index contributed by atoms with van der Waals surface area (Å²) in [7, 11) is -2.12. The number of sulfonamides is 1. The second kappa shape index (κ2) is 6.73. The summed E-state index contributed by atoms with van der Waals surface area (Å²) < 4.78 is 30.0. The largest absolute Gasteiger partial charge is 0.496 e. The van der Waals surface area contributed by atoms with Crippen molar-refractivity contribution in [2.75, 3.05) is 7.11 Å². The van der Waals surface area contributed by atoms with Gasteiger partial charge in [-0.25, -0.2) is 4.83 Å². The van der Waals surface area contributed by atoms with Crippen molar-refractivity contribution in [2.45, 2.75) is 4.90 Å². The second-order valence-electron chi connectivity index (χ2n) is 4.05. The number of nitrogens with zero attached hydrogens (tertiary/aromatic N) is 1. The molecule has 7 heteroatoms. The lowest BCUT2D eigenvalue weighted by atomic mass is 10.2. The SMILES string of the molecule is COc1ccc(Br)cc1/C=N/NS(=O)(=O)c1ccccc1. The molecule has 21 heavy (non-hydrogen) atoms. The normalized spacial score (nSPS) is 11.5. The average Bonchev–Trinajstić information content (AvgIpc) is 2.48. The molecule has 0 aliphatic rings. The van der Waals surface area contributed by atoms with Crippen LogP contribution >= 0.6 is 15.9 Å². The van der Waals surface area contributed by atoms with Crippen LogP contribution in [-0.2, 0) is 10.0 Å². The molecule has 0 spiro atoms. The topological polar surface area (TPSA) is 67.8 Å². The van der Waals surface area contributed by atoms with Gasteiger partial charge in [0.2, 0.25) is 0 Å². The Bertz CT molecular complexity index is 746. The number of hydrogen-bond donors (Lipinski definition) is 1. The zero-order valence-corrected chi connectivity index (χ0v) is 13.6. The fraction of sp³-hybridized carbons (Fsp3) is 0.0714. The maximum absolute atomic E-state index is 12.0. The van der Waals surface area contributed by atoms with Crippen molar-refractivity contribution in [3.8, 4) is 5.75 Å². The fourth-order valence-electron chi connectivity index (χ4n) is 1.62. The minimum Gasteiger partial charge on any atom is -0.496 e. The zero-order chi connectivity index (χ0) is 15.3. The Morgan fingerprint density at radius 2 is 1.90 bits per heavy atom. The van der Waals surface area contributed by atoms with E-state index in [-0.39, 0.29) is 4.90 Å². The Labute approximate surface area is 131 Å². The van der Waals surface area contributed by atoms with Gasteiger partial charge in [0.25, 0.3) is 10.0 Å². The van der Waals surface area contributed by atoms with E-state index in [4.69, 9.17) is 4.74 Å². The lowest BCUT2D eigenvalue weighted by molar-refractivity contribution is 0.414. The Balaban J connectivity index is 2.18. The molecule has 0 aromatic heterocycles. The Kier molecular flexibility index (Phi) is 4.98. The molecule has 0 fully saturated rings. The molecule has 2 rings (SSSR count). The maximum atomic E-state index is 12.0. The third-order valence-corrected chi connectivity index (χ3v) is 4.35. The van der Waals surface area contributed by atoms with Crippen molar-refractivity contribution in [1.82, 2.24) is 4.83 Å². The number of methoxy groups -OCH3 is 1. The van der Waals surface area contributed by atoms with Crippen molar-refractivity contribution in [2.24, 2.45) is 5.10 Å². The summed E-state index contributed by atoms with van der Waals surface area (Å²) in [5.41, 5.74) is 0.655. The first-order valence-corrected chi connectivity index (χ1v) is 8.24. The van der Waals surface area contributed by atoms with Gasteiger partial charge in [-0.15, -0.1) is 0 Å². The first kappa shape index (κ1) is 15.5. The van der Waals surface area contributed by atoms with Gasteiger partial charge in [0.15, 0.2) is 0 Å². The van der Waals surface area contributed by atoms with Crippen LogP contribution in [0.2, 0.25) is 0 Å². The second-order valence-corrected chi connectivity index (χ2v) is 6.63. The Morgan fingerprint density at radius 3 is 2.57 bits per heavy atom. The van der Waals surface area contributed by atoms with Crippen LogP contribution in [0.5, 0.6) is 5.75 Å². The van der Waals surface area contributed by atoms with Gasteiger partial charge >= 0.3 is 0 Å². The van der Waals surface area contributed by atoms with E-state index in [2.05, 4.69) is 25.9 Å². The summed E-state index contributed by atoms with van der Waals surface area (Å²) in [5, 5.41) is 3.78. The van der Waals surface area contributed by atoms with Crippen molar-refractivity contribution >= 4 is 32.2 Å². The van der Waals surface area contributed by atoms with Crippen molar-refractivity contribution in [3.63, 3.8) is 0 Å². The summed E-state index contributed by atoms with van der Waals surface area (Å²) in [6, 6.07) is 13.4. The van der Waals surface area contributed by atoms with Crippen LogP contribution < -0.4 is 9.57 Å². The van der Waals surface area contributed by atoms with Gasteiger partial charge in [0.1, 0.15) is 5.75 Å². The van der Waals surface area contributed by atoms with Crippen LogP contribution in [0.4, 0.5) is 0 Å². The highest BCUT2D eigenvalue weighted by Crippen LogP contribution is 2.21. The van der Waals surface area contributed by atoms with Gasteiger partial charge in [-0.05, 0) is 30.3 Å². The molecule has 0 radical (unpaired) electrons. The van der Waals surface area contributed by atoms with Gasteiger partial charge < -0.3 is 4.74 Å². The number of hydrazone groups is 1. The number of halogens is 1. The predicted octanol–water partition coefficient (Wildman–Crippen LogP) is 2.77. The highest BCUT2D eigenvalue weighted by Gasteiger charge is 2.11. The van der Waals surface area contributed by atoms with Crippen LogP contribution in [0, 0.1) is 0 Å². The van der Waals surface area contributed by atoms with E-state index in [1.807, 2.05) is 6.07 Å². The summed E-state index contributed by atoms with van der Waals surface area (Å²) in [6.07, 6.45) is 1.39. The first-order chi connectivity index (χ1) is 10.0. The number of rotatable bonds is 5. The molecular weight excluding hydrogens is 356 g/mol. The molecule has 1 N–H and O–H groups in total. The molecule has 2 aromatic rings. The monoisotopic (exact) mass is 368 g/mol. The van der Waals surface area contributed by atoms with Crippen LogP contribution in [0.25, 0.3) is 0 Å². The van der Waals surface area contributed by atoms with E-state index in [0.717, 1.165) is 4.47 Å². The van der Waals surface area contributed by atoms with Gasteiger partial charge in [-0.1, -0.05) is 34.1 Å². The van der Waals surface area contributed by atoms with E-state index in [9.17, 15) is 8.42 Å². The number of hydrogen-bond acceptors (Lipinski definition) is 4. The van der Waals surface area contributed by atoms with Gasteiger partial charge in [-0.3, -0.25) is 0 Å². The lowest BCUT2D eigenvalue weighted by Gasteiger charge is -2.05. The van der Waals surface area contributed by atoms with E-state index < -0.39 is 10.0 Å². The smallest absolute Gasteiger partial charge is 0.276 e. The van der Waals surface area contributed by atoms with Crippen molar-refractivity contribution in [1.29, 1.82) is 0 Å². The lowest BCUT2D eigenvalue weighted by Crippen LogP contribution is -2.18. The van der Waals surface area contributed by atoms with Crippen LogP contribution in [0.1, 0.15) is 5.56 Å². The number of ether oxygens (including phenoxy) is 1. The maximum Gasteiger partial charge on any atom is 0.276 e. The van der Waals surface area contributed by atoms with E-state index in [0.29, 0.717) is 11.3 Å². The van der Waals surface area contributed by atoms with Crippen LogP contribution in [-0.4, -0.2) is 21.7 Å². The molecule has 2 aromatic carbocycles. The van der Waals surface area contributed by atoms with Gasteiger partial charge in [0.05, 0.1) is 18.2 Å². The molecule has 0 saturated heterocycles. The summed E-state index contributed by atoms with van der Waals surface area (Å²) in [6.45, 7) is 0.